The number of rotatable bonds is 6. The minimum atomic E-state index is 0.520. The molecule has 0 saturated heterocycles. The summed E-state index contributed by atoms with van der Waals surface area (Å²) < 4.78 is 5.92. The van der Waals surface area contributed by atoms with E-state index < -0.39 is 0 Å². The van der Waals surface area contributed by atoms with E-state index in [0.717, 1.165) is 25.6 Å². The van der Waals surface area contributed by atoms with E-state index in [0.29, 0.717) is 6.10 Å². The molecule has 2 rings (SSSR count). The number of thiophene rings is 1. The summed E-state index contributed by atoms with van der Waals surface area (Å²) in [5.74, 6) is 0.907. The molecule has 1 aromatic rings. The van der Waals surface area contributed by atoms with Crippen molar-refractivity contribution < 1.29 is 4.74 Å². The Morgan fingerprint density at radius 2 is 2.11 bits per heavy atom. The number of aryl methyl sites for hydroxylation is 1. The Bertz CT molecular complexity index is 342. The maximum atomic E-state index is 5.92. The van der Waals surface area contributed by atoms with Gasteiger partial charge in [0.15, 0.2) is 0 Å². The normalized spacial score (nSPS) is 24.3. The van der Waals surface area contributed by atoms with Crippen LogP contribution in [-0.4, -0.2) is 19.3 Å². The van der Waals surface area contributed by atoms with Crippen LogP contribution in [0, 0.1) is 12.8 Å². The van der Waals surface area contributed by atoms with Crippen molar-refractivity contribution in [2.24, 2.45) is 5.92 Å². The van der Waals surface area contributed by atoms with E-state index in [1.165, 1.54) is 36.1 Å². The van der Waals surface area contributed by atoms with E-state index in [-0.39, 0.29) is 0 Å². The monoisotopic (exact) mass is 267 g/mol. The first-order chi connectivity index (χ1) is 8.75. The summed E-state index contributed by atoms with van der Waals surface area (Å²) in [6, 6.07) is 2.18. The predicted molar refractivity (Wildman–Crippen MR) is 78.1 cm³/mol. The summed E-state index contributed by atoms with van der Waals surface area (Å²) >= 11 is 1.83. The molecule has 0 radical (unpaired) electrons. The van der Waals surface area contributed by atoms with Crippen LogP contribution in [0.25, 0.3) is 0 Å². The van der Waals surface area contributed by atoms with Crippen molar-refractivity contribution in [2.45, 2.75) is 52.2 Å². The molecule has 3 heteroatoms. The Morgan fingerprint density at radius 1 is 1.33 bits per heavy atom. The fourth-order valence-corrected chi connectivity index (χ4v) is 3.36. The van der Waals surface area contributed by atoms with E-state index >= 15 is 0 Å². The third-order valence-electron chi connectivity index (χ3n) is 3.85. The van der Waals surface area contributed by atoms with Crippen LogP contribution in [0.5, 0.6) is 0 Å². The summed E-state index contributed by atoms with van der Waals surface area (Å²) in [5, 5.41) is 5.62. The van der Waals surface area contributed by atoms with Gasteiger partial charge >= 0.3 is 0 Å². The van der Waals surface area contributed by atoms with Crippen molar-refractivity contribution in [1.29, 1.82) is 0 Å². The SMILES string of the molecule is Cc1ccsc1CNCCOC1CCC(C)CC1. The zero-order chi connectivity index (χ0) is 12.8. The Labute approximate surface area is 115 Å². The van der Waals surface area contributed by atoms with Gasteiger partial charge in [-0.25, -0.2) is 0 Å². The molecule has 1 N–H and O–H groups in total. The van der Waals surface area contributed by atoms with E-state index in [4.69, 9.17) is 4.74 Å². The first-order valence-electron chi connectivity index (χ1n) is 7.11. The molecule has 1 saturated carbocycles. The van der Waals surface area contributed by atoms with Gasteiger partial charge in [-0.1, -0.05) is 6.92 Å². The zero-order valence-electron chi connectivity index (χ0n) is 11.6. The second-order valence-corrected chi connectivity index (χ2v) is 6.46. The van der Waals surface area contributed by atoms with Gasteiger partial charge in [0, 0.05) is 18.0 Å². The Morgan fingerprint density at radius 3 is 2.78 bits per heavy atom. The van der Waals surface area contributed by atoms with Crippen molar-refractivity contribution >= 4 is 11.3 Å². The quantitative estimate of drug-likeness (QED) is 0.793. The lowest BCUT2D eigenvalue weighted by molar-refractivity contribution is 0.0216. The zero-order valence-corrected chi connectivity index (χ0v) is 12.4. The lowest BCUT2D eigenvalue weighted by Gasteiger charge is -2.26. The third kappa shape index (κ3) is 4.38. The largest absolute Gasteiger partial charge is 0.377 e. The van der Waals surface area contributed by atoms with E-state index in [2.05, 4.69) is 30.6 Å². The molecule has 0 unspecified atom stereocenters. The molecule has 1 aliphatic carbocycles. The van der Waals surface area contributed by atoms with Crippen molar-refractivity contribution in [3.63, 3.8) is 0 Å². The Balaban J connectivity index is 1.53. The number of hydrogen-bond acceptors (Lipinski definition) is 3. The van der Waals surface area contributed by atoms with Crippen molar-refractivity contribution in [3.05, 3.63) is 21.9 Å². The molecular weight excluding hydrogens is 242 g/mol. The summed E-state index contributed by atoms with van der Waals surface area (Å²) in [6.07, 6.45) is 5.71. The predicted octanol–water partition coefficient (Wildman–Crippen LogP) is 3.74. The van der Waals surface area contributed by atoms with E-state index in [9.17, 15) is 0 Å². The summed E-state index contributed by atoms with van der Waals surface area (Å²) in [6.45, 7) is 7.32. The maximum Gasteiger partial charge on any atom is 0.0594 e. The van der Waals surface area contributed by atoms with Crippen LogP contribution in [0.1, 0.15) is 43.0 Å². The molecule has 0 bridgehead atoms. The second kappa shape index (κ2) is 7.27. The fraction of sp³-hybridized carbons (Fsp3) is 0.733. The Hall–Kier alpha value is -0.380. The molecule has 0 atom stereocenters. The number of nitrogens with one attached hydrogen (secondary N) is 1. The van der Waals surface area contributed by atoms with Gasteiger partial charge in [-0.05, 0) is 55.5 Å². The summed E-state index contributed by atoms with van der Waals surface area (Å²) in [4.78, 5) is 1.45. The molecule has 0 aliphatic heterocycles. The lowest BCUT2D eigenvalue weighted by atomic mass is 9.89. The average Bonchev–Trinajstić information content (AvgIpc) is 2.77. The minimum Gasteiger partial charge on any atom is -0.377 e. The molecule has 1 fully saturated rings. The highest BCUT2D eigenvalue weighted by Gasteiger charge is 2.18. The summed E-state index contributed by atoms with van der Waals surface area (Å²) in [5.41, 5.74) is 1.40. The standard InChI is InChI=1S/C15H25NOS/c1-12-3-5-14(6-4-12)17-9-8-16-11-15-13(2)7-10-18-15/h7,10,12,14,16H,3-6,8-9,11H2,1-2H3. The average molecular weight is 267 g/mol. The second-order valence-electron chi connectivity index (χ2n) is 5.46. The van der Waals surface area contributed by atoms with Gasteiger partial charge in [-0.3, -0.25) is 0 Å². The van der Waals surface area contributed by atoms with Crippen molar-refractivity contribution in [3.8, 4) is 0 Å². The van der Waals surface area contributed by atoms with Crippen molar-refractivity contribution in [1.82, 2.24) is 5.32 Å². The molecule has 0 aromatic carbocycles. The molecule has 1 aliphatic rings. The highest BCUT2D eigenvalue weighted by Crippen LogP contribution is 2.25. The molecule has 102 valence electrons. The van der Waals surface area contributed by atoms with Gasteiger partial charge in [0.25, 0.3) is 0 Å². The highest BCUT2D eigenvalue weighted by atomic mass is 32.1. The van der Waals surface area contributed by atoms with E-state index in [1.54, 1.807) is 0 Å². The van der Waals surface area contributed by atoms with Gasteiger partial charge in [0.05, 0.1) is 12.7 Å². The lowest BCUT2D eigenvalue weighted by Crippen LogP contribution is -2.25. The topological polar surface area (TPSA) is 21.3 Å². The van der Waals surface area contributed by atoms with Crippen LogP contribution in [0.4, 0.5) is 0 Å². The van der Waals surface area contributed by atoms with Gasteiger partial charge in [0.2, 0.25) is 0 Å². The Kier molecular flexibility index (Phi) is 5.67. The first-order valence-corrected chi connectivity index (χ1v) is 7.99. The molecule has 18 heavy (non-hydrogen) atoms. The van der Waals surface area contributed by atoms with E-state index in [1.807, 2.05) is 11.3 Å². The molecule has 1 heterocycles. The van der Waals surface area contributed by atoms with Gasteiger partial charge < -0.3 is 10.1 Å². The van der Waals surface area contributed by atoms with Crippen LogP contribution < -0.4 is 5.32 Å². The van der Waals surface area contributed by atoms with Crippen LogP contribution in [0.15, 0.2) is 11.4 Å². The molecule has 1 aromatic heterocycles. The molecule has 0 amide bonds. The van der Waals surface area contributed by atoms with Crippen LogP contribution >= 0.6 is 11.3 Å². The minimum absolute atomic E-state index is 0.520. The maximum absolute atomic E-state index is 5.92. The molecular formula is C15H25NOS. The summed E-state index contributed by atoms with van der Waals surface area (Å²) in [7, 11) is 0. The fourth-order valence-electron chi connectivity index (χ4n) is 2.48. The van der Waals surface area contributed by atoms with Crippen LogP contribution in [0.2, 0.25) is 0 Å². The van der Waals surface area contributed by atoms with Crippen LogP contribution in [-0.2, 0) is 11.3 Å². The smallest absolute Gasteiger partial charge is 0.0594 e. The van der Waals surface area contributed by atoms with Crippen LogP contribution in [0.3, 0.4) is 0 Å². The molecule has 0 spiro atoms. The number of hydrogen-bond donors (Lipinski definition) is 1. The molecule has 2 nitrogen and oxygen atoms in total. The number of ether oxygens (including phenoxy) is 1. The highest BCUT2D eigenvalue weighted by molar-refractivity contribution is 7.10. The van der Waals surface area contributed by atoms with Crippen molar-refractivity contribution in [2.75, 3.05) is 13.2 Å². The van der Waals surface area contributed by atoms with Gasteiger partial charge in [0.1, 0.15) is 0 Å². The van der Waals surface area contributed by atoms with Gasteiger partial charge in [-0.15, -0.1) is 11.3 Å². The van der Waals surface area contributed by atoms with Gasteiger partial charge in [-0.2, -0.15) is 0 Å². The first kappa shape index (κ1) is 14.0. The third-order valence-corrected chi connectivity index (χ3v) is 4.87.